The fourth-order valence-electron chi connectivity index (χ4n) is 3.61. The summed E-state index contributed by atoms with van der Waals surface area (Å²) in [6, 6.07) is 10.7. The number of urea groups is 1. The molecule has 0 radical (unpaired) electrons. The Bertz CT molecular complexity index is 984. The highest BCUT2D eigenvalue weighted by molar-refractivity contribution is 6.42. The number of piperidine rings is 1. The highest BCUT2D eigenvalue weighted by atomic mass is 35.5. The molecule has 0 aliphatic carbocycles. The molecule has 4 N–H and O–H groups in total. The maximum absolute atomic E-state index is 12.7. The number of rotatable bonds is 4. The largest absolute Gasteiger partial charge is 0.329 e. The van der Waals surface area contributed by atoms with Crippen LogP contribution >= 0.6 is 23.2 Å². The number of halogens is 2. The molecule has 2 atom stereocenters. The summed E-state index contributed by atoms with van der Waals surface area (Å²) < 4.78 is 0. The first kappa shape index (κ1) is 19.1. The van der Waals surface area contributed by atoms with Gasteiger partial charge in [-0.05, 0) is 55.3 Å². The smallest absolute Gasteiger partial charge is 0.319 e. The van der Waals surface area contributed by atoms with Crippen LogP contribution in [0.1, 0.15) is 30.9 Å². The number of aromatic amines is 1. The lowest BCUT2D eigenvalue weighted by Gasteiger charge is -2.32. The van der Waals surface area contributed by atoms with Crippen molar-refractivity contribution in [1.82, 2.24) is 20.8 Å². The van der Waals surface area contributed by atoms with Gasteiger partial charge in [-0.2, -0.15) is 5.10 Å². The van der Waals surface area contributed by atoms with Crippen molar-refractivity contribution in [3.63, 3.8) is 0 Å². The average molecular weight is 418 g/mol. The van der Waals surface area contributed by atoms with E-state index in [-0.39, 0.29) is 18.1 Å². The number of hydrogen-bond donors (Lipinski definition) is 4. The number of H-pyrrole nitrogens is 1. The molecule has 0 bridgehead atoms. The van der Waals surface area contributed by atoms with E-state index in [1.807, 2.05) is 30.3 Å². The van der Waals surface area contributed by atoms with Crippen molar-refractivity contribution < 1.29 is 4.79 Å². The first-order valence-electron chi connectivity index (χ1n) is 9.29. The zero-order valence-electron chi connectivity index (χ0n) is 15.1. The van der Waals surface area contributed by atoms with Crippen molar-refractivity contribution in [2.24, 2.45) is 0 Å². The van der Waals surface area contributed by atoms with Gasteiger partial charge < -0.3 is 16.0 Å². The van der Waals surface area contributed by atoms with E-state index in [4.69, 9.17) is 23.2 Å². The summed E-state index contributed by atoms with van der Waals surface area (Å²) in [7, 11) is 0. The molecule has 6 nitrogen and oxygen atoms in total. The minimum atomic E-state index is -0.272. The summed E-state index contributed by atoms with van der Waals surface area (Å²) in [5.74, 6) is 0. The van der Waals surface area contributed by atoms with Gasteiger partial charge in [-0.25, -0.2) is 4.79 Å². The molecule has 0 saturated carbocycles. The molecule has 28 heavy (non-hydrogen) atoms. The Hall–Kier alpha value is -2.28. The molecule has 0 spiro atoms. The third-order valence-corrected chi connectivity index (χ3v) is 5.78. The highest BCUT2D eigenvalue weighted by Crippen LogP contribution is 2.29. The minimum absolute atomic E-state index is 0.132. The molecular weight excluding hydrogens is 397 g/mol. The summed E-state index contributed by atoms with van der Waals surface area (Å²) in [4.78, 5) is 12.7. The van der Waals surface area contributed by atoms with Gasteiger partial charge in [-0.3, -0.25) is 5.10 Å². The molecule has 2 amide bonds. The fraction of sp³-hybridized carbons (Fsp3) is 0.300. The first-order chi connectivity index (χ1) is 13.6. The fourth-order valence-corrected chi connectivity index (χ4v) is 3.92. The van der Waals surface area contributed by atoms with E-state index in [0.29, 0.717) is 15.7 Å². The molecule has 1 aliphatic heterocycles. The predicted octanol–water partition coefficient (Wildman–Crippen LogP) is 4.87. The van der Waals surface area contributed by atoms with Gasteiger partial charge in [0, 0.05) is 17.1 Å². The molecule has 2 aromatic carbocycles. The quantitative estimate of drug-likeness (QED) is 0.488. The Morgan fingerprint density at radius 2 is 2.04 bits per heavy atom. The number of nitrogens with one attached hydrogen (secondary N) is 4. The number of carbonyl (C=O) groups excluding carboxylic acids is 1. The molecule has 4 rings (SSSR count). The molecule has 146 valence electrons. The van der Waals surface area contributed by atoms with E-state index in [2.05, 4.69) is 26.1 Å². The van der Waals surface area contributed by atoms with Crippen LogP contribution in [-0.4, -0.2) is 28.8 Å². The molecular formula is C20H21Cl2N5O. The number of anilines is 1. The topological polar surface area (TPSA) is 81.8 Å². The van der Waals surface area contributed by atoms with Gasteiger partial charge in [0.2, 0.25) is 0 Å². The lowest BCUT2D eigenvalue weighted by molar-refractivity contribution is 0.240. The SMILES string of the molecule is O=C(Nc1ccc2[nH]ncc2c1)NC(c1ccc(Cl)c(Cl)c1)[C@H]1CCCCN1. The Morgan fingerprint density at radius 1 is 1.14 bits per heavy atom. The van der Waals surface area contributed by atoms with Gasteiger partial charge in [-0.15, -0.1) is 0 Å². The Labute approximate surface area is 173 Å². The predicted molar refractivity (Wildman–Crippen MR) is 113 cm³/mol. The summed E-state index contributed by atoms with van der Waals surface area (Å²) in [6.07, 6.45) is 4.96. The number of benzene rings is 2. The molecule has 1 saturated heterocycles. The highest BCUT2D eigenvalue weighted by Gasteiger charge is 2.27. The second-order valence-electron chi connectivity index (χ2n) is 6.98. The summed E-state index contributed by atoms with van der Waals surface area (Å²) in [6.45, 7) is 0.933. The maximum atomic E-state index is 12.7. The molecule has 2 heterocycles. The van der Waals surface area contributed by atoms with Crippen LogP contribution < -0.4 is 16.0 Å². The van der Waals surface area contributed by atoms with E-state index >= 15 is 0 Å². The van der Waals surface area contributed by atoms with Crippen LogP contribution in [0.15, 0.2) is 42.6 Å². The number of fused-ring (bicyclic) bond motifs is 1. The molecule has 1 unspecified atom stereocenters. The van der Waals surface area contributed by atoms with Crippen molar-refractivity contribution >= 4 is 45.8 Å². The standard InChI is InChI=1S/C20H21Cl2N5O/c21-15-6-4-12(10-16(15)22)19(18-3-1-2-8-23-18)26-20(28)25-14-5-7-17-13(9-14)11-24-27-17/h4-7,9-11,18-19,23H,1-3,8H2,(H,24,27)(H2,25,26,28)/t18-,19?/m1/s1. The van der Waals surface area contributed by atoms with Crippen LogP contribution in [-0.2, 0) is 0 Å². The third kappa shape index (κ3) is 4.24. The monoisotopic (exact) mass is 417 g/mol. The van der Waals surface area contributed by atoms with Crippen molar-refractivity contribution in [2.45, 2.75) is 31.3 Å². The number of carbonyl (C=O) groups is 1. The van der Waals surface area contributed by atoms with E-state index in [1.54, 1.807) is 12.3 Å². The summed E-state index contributed by atoms with van der Waals surface area (Å²) >= 11 is 12.3. The number of nitrogens with zero attached hydrogens (tertiary/aromatic N) is 1. The number of aromatic nitrogens is 2. The van der Waals surface area contributed by atoms with Crippen LogP contribution in [0.4, 0.5) is 10.5 Å². The van der Waals surface area contributed by atoms with Gasteiger partial charge in [0.1, 0.15) is 0 Å². The first-order valence-corrected chi connectivity index (χ1v) is 10.0. The number of amides is 2. The van der Waals surface area contributed by atoms with E-state index < -0.39 is 0 Å². The van der Waals surface area contributed by atoms with Gasteiger partial charge in [0.05, 0.1) is 27.8 Å². The van der Waals surface area contributed by atoms with Crippen LogP contribution in [0.5, 0.6) is 0 Å². The van der Waals surface area contributed by atoms with Crippen molar-refractivity contribution in [1.29, 1.82) is 0 Å². The Morgan fingerprint density at radius 3 is 2.82 bits per heavy atom. The average Bonchev–Trinajstić information content (AvgIpc) is 3.17. The molecule has 1 aliphatic rings. The Balaban J connectivity index is 1.53. The minimum Gasteiger partial charge on any atom is -0.329 e. The Kier molecular flexibility index (Phi) is 5.71. The van der Waals surface area contributed by atoms with E-state index in [0.717, 1.165) is 42.3 Å². The van der Waals surface area contributed by atoms with Crippen molar-refractivity contribution in [2.75, 3.05) is 11.9 Å². The lowest BCUT2D eigenvalue weighted by atomic mass is 9.92. The zero-order chi connectivity index (χ0) is 19.5. The lowest BCUT2D eigenvalue weighted by Crippen LogP contribution is -2.47. The summed E-state index contributed by atoms with van der Waals surface area (Å²) in [5.41, 5.74) is 2.55. The molecule has 1 aromatic heterocycles. The van der Waals surface area contributed by atoms with Crippen LogP contribution in [0.2, 0.25) is 10.0 Å². The molecule has 1 fully saturated rings. The second kappa shape index (κ2) is 8.39. The third-order valence-electron chi connectivity index (χ3n) is 5.04. The zero-order valence-corrected chi connectivity index (χ0v) is 16.6. The maximum Gasteiger partial charge on any atom is 0.319 e. The van der Waals surface area contributed by atoms with Crippen molar-refractivity contribution in [3.05, 3.63) is 58.2 Å². The van der Waals surface area contributed by atoms with Gasteiger partial charge >= 0.3 is 6.03 Å². The normalized spacial score (nSPS) is 18.0. The van der Waals surface area contributed by atoms with Crippen LogP contribution in [0, 0.1) is 0 Å². The van der Waals surface area contributed by atoms with Crippen LogP contribution in [0.25, 0.3) is 10.9 Å². The van der Waals surface area contributed by atoms with Gasteiger partial charge in [-0.1, -0.05) is 35.7 Å². The van der Waals surface area contributed by atoms with Crippen LogP contribution in [0.3, 0.4) is 0 Å². The van der Waals surface area contributed by atoms with Gasteiger partial charge in [0.15, 0.2) is 0 Å². The van der Waals surface area contributed by atoms with Crippen molar-refractivity contribution in [3.8, 4) is 0 Å². The van der Waals surface area contributed by atoms with Gasteiger partial charge in [0.25, 0.3) is 0 Å². The number of hydrogen-bond acceptors (Lipinski definition) is 3. The second-order valence-corrected chi connectivity index (χ2v) is 7.79. The van der Waals surface area contributed by atoms with E-state index in [9.17, 15) is 4.79 Å². The van der Waals surface area contributed by atoms with E-state index in [1.165, 1.54) is 0 Å². The summed E-state index contributed by atoms with van der Waals surface area (Å²) in [5, 5.41) is 18.3. The molecule has 8 heteroatoms. The molecule has 3 aromatic rings.